The molecule has 0 saturated heterocycles. The Morgan fingerprint density at radius 1 is 1.59 bits per heavy atom. The van der Waals surface area contributed by atoms with Crippen molar-refractivity contribution in [3.8, 4) is 0 Å². The Morgan fingerprint density at radius 3 is 2.59 bits per heavy atom. The number of hydrogen-bond donors (Lipinski definition) is 2. The van der Waals surface area contributed by atoms with Gasteiger partial charge in [0.2, 0.25) is 0 Å². The molecule has 6 heteroatoms. The van der Waals surface area contributed by atoms with E-state index in [0.717, 1.165) is 16.7 Å². The minimum atomic E-state index is -0.121. The molecule has 0 amide bonds. The molecule has 0 aliphatic carbocycles. The van der Waals surface area contributed by atoms with E-state index in [-0.39, 0.29) is 11.6 Å². The van der Waals surface area contributed by atoms with Gasteiger partial charge in [0.25, 0.3) is 0 Å². The van der Waals surface area contributed by atoms with E-state index in [4.69, 9.17) is 5.84 Å². The van der Waals surface area contributed by atoms with Crippen molar-refractivity contribution in [1.29, 1.82) is 0 Å². The second-order valence-electron chi connectivity index (χ2n) is 4.84. The number of halogens is 1. The summed E-state index contributed by atoms with van der Waals surface area (Å²) in [5.41, 5.74) is 3.87. The van der Waals surface area contributed by atoms with Crippen molar-refractivity contribution in [2.75, 3.05) is 14.1 Å². The molecule has 0 fully saturated rings. The van der Waals surface area contributed by atoms with E-state index in [9.17, 15) is 0 Å². The van der Waals surface area contributed by atoms with Crippen molar-refractivity contribution >= 4 is 15.9 Å². The van der Waals surface area contributed by atoms with Crippen LogP contribution in [-0.2, 0) is 6.54 Å². The number of nitrogens with zero attached hydrogens (tertiary/aromatic N) is 3. The van der Waals surface area contributed by atoms with Crippen LogP contribution < -0.4 is 11.3 Å². The summed E-state index contributed by atoms with van der Waals surface area (Å²) in [5.74, 6) is 5.74. The Morgan fingerprint density at radius 2 is 2.18 bits per heavy atom. The molecule has 98 valence electrons. The van der Waals surface area contributed by atoms with Crippen molar-refractivity contribution in [2.45, 2.75) is 38.9 Å². The molecule has 0 radical (unpaired) electrons. The van der Waals surface area contributed by atoms with Gasteiger partial charge in [0.15, 0.2) is 0 Å². The van der Waals surface area contributed by atoms with Crippen LogP contribution in [0.3, 0.4) is 0 Å². The summed E-state index contributed by atoms with van der Waals surface area (Å²) in [6.07, 6.45) is 1.81. The Bertz CT molecular complexity index is 372. The van der Waals surface area contributed by atoms with Gasteiger partial charge in [-0.1, -0.05) is 0 Å². The average Bonchev–Trinajstić information content (AvgIpc) is 2.61. The number of nitrogens with two attached hydrogens (primary N) is 1. The predicted molar refractivity (Wildman–Crippen MR) is 73.4 cm³/mol. The Balaban J connectivity index is 3.22. The van der Waals surface area contributed by atoms with E-state index < -0.39 is 0 Å². The molecule has 0 spiro atoms. The maximum Gasteiger partial charge on any atom is 0.0818 e. The molecule has 0 aliphatic rings. The van der Waals surface area contributed by atoms with Gasteiger partial charge in [-0.2, -0.15) is 5.10 Å². The third-order valence-corrected chi connectivity index (χ3v) is 4.04. The molecular formula is C11H22BrN5. The number of nitrogens with one attached hydrogen (secondary N) is 1. The second kappa shape index (κ2) is 5.48. The molecule has 0 saturated carbocycles. The van der Waals surface area contributed by atoms with Crippen molar-refractivity contribution in [1.82, 2.24) is 20.1 Å². The normalized spacial score (nSPS) is 14.4. The number of likely N-dealkylation sites (N-methyl/N-ethyl adjacent to an activating group) is 1. The third-order valence-electron chi connectivity index (χ3n) is 3.43. The molecule has 5 nitrogen and oxygen atoms in total. The van der Waals surface area contributed by atoms with Crippen molar-refractivity contribution in [3.63, 3.8) is 0 Å². The van der Waals surface area contributed by atoms with Gasteiger partial charge in [-0.25, -0.2) is 5.43 Å². The molecule has 0 aliphatic heterocycles. The fourth-order valence-electron chi connectivity index (χ4n) is 1.79. The monoisotopic (exact) mass is 303 g/mol. The van der Waals surface area contributed by atoms with Crippen molar-refractivity contribution in [3.05, 3.63) is 16.4 Å². The lowest BCUT2D eigenvalue weighted by atomic mass is 9.91. The number of aromatic nitrogens is 2. The second-order valence-corrected chi connectivity index (χ2v) is 5.70. The third kappa shape index (κ3) is 2.70. The summed E-state index contributed by atoms with van der Waals surface area (Å²) in [6, 6.07) is -0.00525. The first kappa shape index (κ1) is 14.6. The summed E-state index contributed by atoms with van der Waals surface area (Å²) in [6.45, 7) is 7.19. The largest absolute Gasteiger partial charge is 0.302 e. The zero-order valence-corrected chi connectivity index (χ0v) is 12.7. The fourth-order valence-corrected chi connectivity index (χ4v) is 2.31. The Labute approximate surface area is 111 Å². The summed E-state index contributed by atoms with van der Waals surface area (Å²) in [4.78, 5) is 2.15. The standard InChI is InChI=1S/C11H22BrN5/c1-6-17-9(8(12)7-14-17)10(15-13)11(2,3)16(4)5/h7,10,15H,6,13H2,1-5H3. The summed E-state index contributed by atoms with van der Waals surface area (Å²) < 4.78 is 2.94. The Kier molecular flexibility index (Phi) is 4.71. The van der Waals surface area contributed by atoms with Crippen LogP contribution in [0.4, 0.5) is 0 Å². The summed E-state index contributed by atoms with van der Waals surface area (Å²) in [5, 5.41) is 4.33. The first-order valence-electron chi connectivity index (χ1n) is 5.71. The van der Waals surface area contributed by atoms with Crippen LogP contribution in [-0.4, -0.2) is 34.3 Å². The van der Waals surface area contributed by atoms with Gasteiger partial charge in [0, 0.05) is 12.1 Å². The molecule has 0 aromatic carbocycles. The minimum Gasteiger partial charge on any atom is -0.302 e. The SMILES string of the molecule is CCn1ncc(Br)c1C(NN)C(C)(C)N(C)C. The smallest absolute Gasteiger partial charge is 0.0818 e. The van der Waals surface area contributed by atoms with E-state index >= 15 is 0 Å². The van der Waals surface area contributed by atoms with Gasteiger partial charge < -0.3 is 4.90 Å². The highest BCUT2D eigenvalue weighted by Gasteiger charge is 2.35. The van der Waals surface area contributed by atoms with E-state index in [1.165, 1.54) is 0 Å². The molecule has 3 N–H and O–H groups in total. The van der Waals surface area contributed by atoms with Gasteiger partial charge in [-0.05, 0) is 50.8 Å². The first-order chi connectivity index (χ1) is 7.86. The zero-order chi connectivity index (χ0) is 13.2. The van der Waals surface area contributed by atoms with Crippen LogP contribution in [0.25, 0.3) is 0 Å². The highest BCUT2D eigenvalue weighted by Crippen LogP contribution is 2.33. The number of hydrogen-bond acceptors (Lipinski definition) is 4. The van der Waals surface area contributed by atoms with Crippen molar-refractivity contribution in [2.24, 2.45) is 5.84 Å². The predicted octanol–water partition coefficient (Wildman–Crippen LogP) is 1.51. The van der Waals surface area contributed by atoms with Gasteiger partial charge in [-0.15, -0.1) is 0 Å². The average molecular weight is 304 g/mol. The Hall–Kier alpha value is -0.430. The lowest BCUT2D eigenvalue weighted by molar-refractivity contribution is 0.132. The fraction of sp³-hybridized carbons (Fsp3) is 0.727. The van der Waals surface area contributed by atoms with Crippen LogP contribution in [0.1, 0.15) is 32.5 Å². The first-order valence-corrected chi connectivity index (χ1v) is 6.50. The zero-order valence-electron chi connectivity index (χ0n) is 11.2. The molecule has 0 bridgehead atoms. The van der Waals surface area contributed by atoms with Crippen LogP contribution >= 0.6 is 15.9 Å². The van der Waals surface area contributed by atoms with Crippen molar-refractivity contribution < 1.29 is 0 Å². The van der Waals surface area contributed by atoms with Gasteiger partial charge in [-0.3, -0.25) is 10.5 Å². The molecule has 1 atom stereocenters. The quantitative estimate of drug-likeness (QED) is 0.639. The van der Waals surface area contributed by atoms with Crippen LogP contribution in [0.15, 0.2) is 10.7 Å². The van der Waals surface area contributed by atoms with Crippen LogP contribution in [0, 0.1) is 0 Å². The molecule has 1 rings (SSSR count). The molecule has 1 aromatic rings. The maximum atomic E-state index is 5.74. The lowest BCUT2D eigenvalue weighted by Gasteiger charge is -2.40. The van der Waals surface area contributed by atoms with E-state index in [1.807, 2.05) is 25.0 Å². The summed E-state index contributed by atoms with van der Waals surface area (Å²) >= 11 is 3.54. The van der Waals surface area contributed by atoms with E-state index in [0.29, 0.717) is 0 Å². The molecule has 17 heavy (non-hydrogen) atoms. The van der Waals surface area contributed by atoms with Gasteiger partial charge in [0.05, 0.1) is 22.4 Å². The topological polar surface area (TPSA) is 59.1 Å². The summed E-state index contributed by atoms with van der Waals surface area (Å²) in [7, 11) is 4.09. The van der Waals surface area contributed by atoms with E-state index in [2.05, 4.69) is 52.1 Å². The molecule has 1 aromatic heterocycles. The van der Waals surface area contributed by atoms with Crippen LogP contribution in [0.5, 0.6) is 0 Å². The number of aryl methyl sites for hydroxylation is 1. The molecular weight excluding hydrogens is 282 g/mol. The number of hydrazine groups is 1. The minimum absolute atomic E-state index is 0.00525. The lowest BCUT2D eigenvalue weighted by Crippen LogP contribution is -2.52. The molecule has 1 heterocycles. The number of rotatable bonds is 5. The van der Waals surface area contributed by atoms with Crippen LogP contribution in [0.2, 0.25) is 0 Å². The highest BCUT2D eigenvalue weighted by molar-refractivity contribution is 9.10. The van der Waals surface area contributed by atoms with Gasteiger partial charge in [0.1, 0.15) is 0 Å². The molecule has 1 unspecified atom stereocenters. The highest BCUT2D eigenvalue weighted by atomic mass is 79.9. The maximum absolute atomic E-state index is 5.74. The van der Waals surface area contributed by atoms with E-state index in [1.54, 1.807) is 0 Å². The van der Waals surface area contributed by atoms with Gasteiger partial charge >= 0.3 is 0 Å².